The summed E-state index contributed by atoms with van der Waals surface area (Å²) < 4.78 is 14.2. The first-order valence-corrected chi connectivity index (χ1v) is 13.0. The predicted molar refractivity (Wildman–Crippen MR) is 141 cm³/mol. The van der Waals surface area contributed by atoms with Gasteiger partial charge in [-0.05, 0) is 73.3 Å². The van der Waals surface area contributed by atoms with E-state index in [4.69, 9.17) is 14.5 Å². The summed E-state index contributed by atoms with van der Waals surface area (Å²) in [5.41, 5.74) is 1.39. The third-order valence-corrected chi connectivity index (χ3v) is 7.01. The van der Waals surface area contributed by atoms with Crippen LogP contribution in [0.2, 0.25) is 0 Å². The Balaban J connectivity index is 1.77. The van der Waals surface area contributed by atoms with Crippen LogP contribution in [-0.2, 0) is 0 Å². The zero-order valence-electron chi connectivity index (χ0n) is 20.1. The van der Waals surface area contributed by atoms with Crippen LogP contribution in [0.5, 0.6) is 11.5 Å². The molecule has 1 aliphatic rings. The molecule has 0 unspecified atom stereocenters. The normalized spacial score (nSPS) is 15.6. The Kier molecular flexibility index (Phi) is 8.03. The predicted octanol–water partition coefficient (Wildman–Crippen LogP) is 6.66. The Morgan fingerprint density at radius 2 is 1.94 bits per heavy atom. The van der Waals surface area contributed by atoms with E-state index in [0.29, 0.717) is 23.5 Å². The molecule has 6 nitrogen and oxygen atoms in total. The van der Waals surface area contributed by atoms with Gasteiger partial charge in [-0.3, -0.25) is 4.79 Å². The quantitative estimate of drug-likeness (QED) is 0.308. The fourth-order valence-corrected chi connectivity index (χ4v) is 4.73. The molecule has 180 valence electrons. The van der Waals surface area contributed by atoms with Crippen LogP contribution in [-0.4, -0.2) is 28.6 Å². The second-order valence-electron chi connectivity index (χ2n) is 8.77. The number of rotatable bonds is 8. The monoisotopic (exact) mass is 525 g/mol. The molecule has 0 radical (unpaired) electrons. The number of hydrogen-bond acceptors (Lipinski definition) is 5. The highest BCUT2D eigenvalue weighted by atomic mass is 79.9. The number of halogens is 1. The van der Waals surface area contributed by atoms with Crippen molar-refractivity contribution in [1.29, 1.82) is 0 Å². The number of fused-ring (bicyclic) bond motifs is 1. The van der Waals surface area contributed by atoms with E-state index in [2.05, 4.69) is 28.0 Å². The first-order chi connectivity index (χ1) is 16.5. The molecule has 4 rings (SSSR count). The standard InChI is InChI=1S/C27H32BrN3O3/c1-4-18(3)34-25-16-22(28)20(15-24(25)33-5-2)17-29-31-26(19-11-7-6-8-12-19)30-23-14-10-9-13-21(23)27(31)32/h9-10,13-19H,4-8,11-12H2,1-3H3/t18-/m0/s1. The lowest BCUT2D eigenvalue weighted by Crippen LogP contribution is -2.25. The molecule has 34 heavy (non-hydrogen) atoms. The van der Waals surface area contributed by atoms with Crippen LogP contribution in [0.15, 0.2) is 50.8 Å². The van der Waals surface area contributed by atoms with E-state index in [-0.39, 0.29) is 17.6 Å². The summed E-state index contributed by atoms with van der Waals surface area (Å²) in [6.45, 7) is 6.58. The van der Waals surface area contributed by atoms with Crippen molar-refractivity contribution in [3.63, 3.8) is 0 Å². The molecule has 0 amide bonds. The fourth-order valence-electron chi connectivity index (χ4n) is 4.31. The molecule has 0 aliphatic heterocycles. The summed E-state index contributed by atoms with van der Waals surface area (Å²) in [5, 5.41) is 5.24. The van der Waals surface area contributed by atoms with Crippen molar-refractivity contribution in [2.45, 2.75) is 71.3 Å². The van der Waals surface area contributed by atoms with Crippen LogP contribution in [0.3, 0.4) is 0 Å². The first-order valence-electron chi connectivity index (χ1n) is 12.2. The van der Waals surface area contributed by atoms with Gasteiger partial charge in [0.15, 0.2) is 11.5 Å². The molecule has 2 aromatic carbocycles. The summed E-state index contributed by atoms with van der Waals surface area (Å²) in [7, 11) is 0. The fraction of sp³-hybridized carbons (Fsp3) is 0.444. The van der Waals surface area contributed by atoms with Crippen molar-refractivity contribution in [2.24, 2.45) is 5.10 Å². The van der Waals surface area contributed by atoms with Gasteiger partial charge in [0.05, 0.1) is 29.8 Å². The molecule has 0 spiro atoms. The summed E-state index contributed by atoms with van der Waals surface area (Å²) >= 11 is 3.64. The number of aromatic nitrogens is 2. The van der Waals surface area contributed by atoms with Gasteiger partial charge in [0.1, 0.15) is 5.82 Å². The summed E-state index contributed by atoms with van der Waals surface area (Å²) in [6, 6.07) is 11.3. The van der Waals surface area contributed by atoms with Crippen LogP contribution in [0.4, 0.5) is 0 Å². The van der Waals surface area contributed by atoms with Gasteiger partial charge in [-0.25, -0.2) is 4.98 Å². The van der Waals surface area contributed by atoms with Gasteiger partial charge in [-0.2, -0.15) is 9.78 Å². The molecule has 1 fully saturated rings. The lowest BCUT2D eigenvalue weighted by molar-refractivity contribution is 0.203. The van der Waals surface area contributed by atoms with Gasteiger partial charge < -0.3 is 9.47 Å². The van der Waals surface area contributed by atoms with Crippen LogP contribution < -0.4 is 15.0 Å². The van der Waals surface area contributed by atoms with E-state index in [9.17, 15) is 4.79 Å². The molecule has 1 aromatic heterocycles. The van der Waals surface area contributed by atoms with Gasteiger partial charge in [0.2, 0.25) is 0 Å². The molecular formula is C27H32BrN3O3. The van der Waals surface area contributed by atoms with Crippen molar-refractivity contribution in [1.82, 2.24) is 9.66 Å². The lowest BCUT2D eigenvalue weighted by Gasteiger charge is -2.22. The highest BCUT2D eigenvalue weighted by Crippen LogP contribution is 2.35. The van der Waals surface area contributed by atoms with E-state index in [0.717, 1.165) is 53.5 Å². The van der Waals surface area contributed by atoms with E-state index in [1.807, 2.05) is 50.2 Å². The molecule has 0 bridgehead atoms. The van der Waals surface area contributed by atoms with E-state index in [1.165, 1.54) is 11.1 Å². The highest BCUT2D eigenvalue weighted by molar-refractivity contribution is 9.10. The van der Waals surface area contributed by atoms with Gasteiger partial charge in [0.25, 0.3) is 5.56 Å². The number of para-hydroxylation sites is 1. The molecule has 3 aromatic rings. The Hall–Kier alpha value is -2.67. The molecule has 1 saturated carbocycles. The molecule has 0 N–H and O–H groups in total. The van der Waals surface area contributed by atoms with Crippen LogP contribution >= 0.6 is 15.9 Å². The maximum absolute atomic E-state index is 13.4. The second kappa shape index (κ2) is 11.2. The van der Waals surface area contributed by atoms with Gasteiger partial charge in [-0.1, -0.05) is 38.3 Å². The van der Waals surface area contributed by atoms with Crippen LogP contribution in [0.1, 0.15) is 76.6 Å². The van der Waals surface area contributed by atoms with Crippen molar-refractivity contribution in [2.75, 3.05) is 6.61 Å². The smallest absolute Gasteiger partial charge is 0.282 e. The molecule has 7 heteroatoms. The number of nitrogens with zero attached hydrogens (tertiary/aromatic N) is 3. The first kappa shape index (κ1) is 24.5. The highest BCUT2D eigenvalue weighted by Gasteiger charge is 2.22. The van der Waals surface area contributed by atoms with Crippen molar-refractivity contribution >= 4 is 33.0 Å². The third kappa shape index (κ3) is 5.35. The number of ether oxygens (including phenoxy) is 2. The minimum atomic E-state index is -0.139. The topological polar surface area (TPSA) is 65.7 Å². The Labute approximate surface area is 209 Å². The van der Waals surface area contributed by atoms with Crippen molar-refractivity contribution < 1.29 is 9.47 Å². The minimum absolute atomic E-state index is 0.0749. The lowest BCUT2D eigenvalue weighted by atomic mass is 9.88. The zero-order chi connectivity index (χ0) is 24.1. The van der Waals surface area contributed by atoms with Gasteiger partial charge >= 0.3 is 0 Å². The Bertz CT molecular complexity index is 1230. The van der Waals surface area contributed by atoms with Crippen LogP contribution in [0, 0.1) is 0 Å². The minimum Gasteiger partial charge on any atom is -0.490 e. The molecule has 1 heterocycles. The molecule has 1 atom stereocenters. The maximum atomic E-state index is 13.4. The van der Waals surface area contributed by atoms with Crippen molar-refractivity contribution in [3.8, 4) is 11.5 Å². The Morgan fingerprint density at radius 1 is 1.18 bits per heavy atom. The average Bonchev–Trinajstić information content (AvgIpc) is 2.86. The molecule has 0 saturated heterocycles. The second-order valence-corrected chi connectivity index (χ2v) is 9.63. The summed E-state index contributed by atoms with van der Waals surface area (Å²) in [6.07, 6.45) is 8.26. The third-order valence-electron chi connectivity index (χ3n) is 6.33. The molecular weight excluding hydrogens is 494 g/mol. The van der Waals surface area contributed by atoms with Gasteiger partial charge in [-0.15, -0.1) is 0 Å². The summed E-state index contributed by atoms with van der Waals surface area (Å²) in [5.74, 6) is 2.33. The largest absolute Gasteiger partial charge is 0.490 e. The van der Waals surface area contributed by atoms with E-state index >= 15 is 0 Å². The summed E-state index contributed by atoms with van der Waals surface area (Å²) in [4.78, 5) is 18.3. The zero-order valence-corrected chi connectivity index (χ0v) is 21.7. The number of hydrogen-bond donors (Lipinski definition) is 0. The van der Waals surface area contributed by atoms with Gasteiger partial charge in [0, 0.05) is 16.0 Å². The molecule has 1 aliphatic carbocycles. The van der Waals surface area contributed by atoms with E-state index in [1.54, 1.807) is 6.21 Å². The number of benzene rings is 2. The average molecular weight is 526 g/mol. The maximum Gasteiger partial charge on any atom is 0.282 e. The van der Waals surface area contributed by atoms with E-state index < -0.39 is 0 Å². The van der Waals surface area contributed by atoms with Crippen LogP contribution in [0.25, 0.3) is 10.9 Å². The SMILES string of the molecule is CCOc1cc(C=Nn2c(C3CCCCC3)nc3ccccc3c2=O)c(Br)cc1O[C@@H](C)CC. The Morgan fingerprint density at radius 3 is 2.68 bits per heavy atom. The van der Waals surface area contributed by atoms with Crippen molar-refractivity contribution in [3.05, 3.63) is 62.6 Å².